The van der Waals surface area contributed by atoms with Crippen LogP contribution in [0.5, 0.6) is 0 Å². The van der Waals surface area contributed by atoms with Crippen molar-refractivity contribution in [3.05, 3.63) is 12.2 Å². The number of aliphatic hydroxyl groups is 1. The van der Waals surface area contributed by atoms with E-state index < -0.39 is 11.5 Å². The fourth-order valence-electron chi connectivity index (χ4n) is 7.85. The molecule has 0 aromatic heterocycles. The smallest absolute Gasteiger partial charge is 0.167 e. The number of ether oxygens (including phenoxy) is 2. The number of carbonyl (C=O) groups is 1. The van der Waals surface area contributed by atoms with Crippen molar-refractivity contribution in [1.82, 2.24) is 0 Å². The Morgan fingerprint density at radius 3 is 2.54 bits per heavy atom. The number of hydrogen-bond donors (Lipinski definition) is 1. The summed E-state index contributed by atoms with van der Waals surface area (Å²) in [6.07, 6.45) is 6.28. The highest BCUT2D eigenvalue weighted by molar-refractivity contribution is 6.02. The zero-order chi connectivity index (χ0) is 18.7. The SMILES string of the molecule is C=C1C(=O)[C@]23CC[C@H]1CC2[C@]1(COC)CCC[C@@](C)(COC)C1C[C@H]3O. The lowest BCUT2D eigenvalue weighted by molar-refractivity contribution is -0.237. The minimum atomic E-state index is -0.619. The summed E-state index contributed by atoms with van der Waals surface area (Å²) < 4.78 is 11.4. The highest BCUT2D eigenvalue weighted by Gasteiger charge is 2.71. The maximum absolute atomic E-state index is 13.3. The lowest BCUT2D eigenvalue weighted by atomic mass is 9.35. The zero-order valence-corrected chi connectivity index (χ0v) is 16.6. The molecule has 146 valence electrons. The van der Waals surface area contributed by atoms with Crippen molar-refractivity contribution in [1.29, 1.82) is 0 Å². The molecule has 4 nitrogen and oxygen atoms in total. The van der Waals surface area contributed by atoms with Gasteiger partial charge in [-0.15, -0.1) is 0 Å². The van der Waals surface area contributed by atoms with Gasteiger partial charge in [-0.1, -0.05) is 19.9 Å². The molecule has 2 bridgehead atoms. The summed E-state index contributed by atoms with van der Waals surface area (Å²) in [7, 11) is 3.56. The molecule has 1 N–H and O–H groups in total. The highest BCUT2D eigenvalue weighted by Crippen LogP contribution is 2.71. The molecular formula is C22H34O4. The van der Waals surface area contributed by atoms with Crippen LogP contribution in [0.15, 0.2) is 12.2 Å². The first-order chi connectivity index (χ1) is 12.4. The maximum Gasteiger partial charge on any atom is 0.167 e. The fourth-order valence-corrected chi connectivity index (χ4v) is 7.85. The summed E-state index contributed by atoms with van der Waals surface area (Å²) in [5, 5.41) is 11.3. The standard InChI is InChI=1S/C22H34O4/c1-14-15-6-9-22(19(14)24)17(10-15)21(13-26-4)8-5-7-20(2,12-25-3)16(21)11-18(22)23/h15-18,23H,1,5-13H2,2-4H3/t15-,16?,17?,18+,20-,21-,22+/m0/s1. The van der Waals surface area contributed by atoms with Gasteiger partial charge in [-0.25, -0.2) is 0 Å². The van der Waals surface area contributed by atoms with E-state index in [4.69, 9.17) is 9.47 Å². The minimum Gasteiger partial charge on any atom is -0.392 e. The van der Waals surface area contributed by atoms with Crippen LogP contribution in [-0.2, 0) is 14.3 Å². The molecule has 0 aromatic carbocycles. The molecule has 0 saturated heterocycles. The minimum absolute atomic E-state index is 0.0326. The fraction of sp³-hybridized carbons (Fsp3) is 0.864. The molecule has 5 saturated carbocycles. The first-order valence-corrected chi connectivity index (χ1v) is 10.3. The molecule has 2 unspecified atom stereocenters. The average Bonchev–Trinajstić information content (AvgIpc) is 2.61. The van der Waals surface area contributed by atoms with Crippen molar-refractivity contribution < 1.29 is 19.4 Å². The van der Waals surface area contributed by atoms with Crippen molar-refractivity contribution >= 4 is 5.78 Å². The first-order valence-electron chi connectivity index (χ1n) is 10.3. The predicted molar refractivity (Wildman–Crippen MR) is 99.7 cm³/mol. The predicted octanol–water partition coefficient (Wildman–Crippen LogP) is 3.38. The van der Waals surface area contributed by atoms with E-state index in [1.54, 1.807) is 14.2 Å². The molecule has 5 aliphatic carbocycles. The van der Waals surface area contributed by atoms with E-state index in [0.29, 0.717) is 31.5 Å². The van der Waals surface area contributed by atoms with Gasteiger partial charge in [0, 0.05) is 19.6 Å². The van der Waals surface area contributed by atoms with Gasteiger partial charge < -0.3 is 14.6 Å². The van der Waals surface area contributed by atoms with Gasteiger partial charge in [0.05, 0.1) is 24.7 Å². The Morgan fingerprint density at radius 1 is 1.12 bits per heavy atom. The molecule has 0 amide bonds. The van der Waals surface area contributed by atoms with E-state index in [0.717, 1.165) is 44.1 Å². The van der Waals surface area contributed by atoms with Crippen LogP contribution in [0.25, 0.3) is 0 Å². The number of allylic oxidation sites excluding steroid dienone is 1. The van der Waals surface area contributed by atoms with Crippen molar-refractivity contribution in [2.45, 2.75) is 58.0 Å². The van der Waals surface area contributed by atoms with E-state index in [1.165, 1.54) is 0 Å². The first kappa shape index (κ1) is 18.6. The summed E-state index contributed by atoms with van der Waals surface area (Å²) in [6.45, 7) is 7.82. The Labute approximate surface area is 157 Å². The Kier molecular flexibility index (Phi) is 4.41. The third-order valence-corrected chi connectivity index (χ3v) is 8.82. The van der Waals surface area contributed by atoms with Crippen LogP contribution in [0.1, 0.15) is 51.9 Å². The Morgan fingerprint density at radius 2 is 1.85 bits per heavy atom. The van der Waals surface area contributed by atoms with Gasteiger partial charge in [0.2, 0.25) is 0 Å². The molecule has 0 aliphatic heterocycles. The zero-order valence-electron chi connectivity index (χ0n) is 16.6. The van der Waals surface area contributed by atoms with Gasteiger partial charge >= 0.3 is 0 Å². The quantitative estimate of drug-likeness (QED) is 0.779. The van der Waals surface area contributed by atoms with Crippen LogP contribution in [0.2, 0.25) is 0 Å². The molecule has 26 heavy (non-hydrogen) atoms. The Bertz CT molecular complexity index is 607. The second-order valence-electron chi connectivity index (χ2n) is 9.83. The molecule has 1 spiro atoms. The topological polar surface area (TPSA) is 55.8 Å². The van der Waals surface area contributed by atoms with Gasteiger partial charge in [0.25, 0.3) is 0 Å². The number of rotatable bonds is 4. The Hall–Kier alpha value is -0.710. The molecule has 0 radical (unpaired) electrons. The molecule has 5 rings (SSSR count). The van der Waals surface area contributed by atoms with Crippen LogP contribution in [0, 0.1) is 34.0 Å². The third kappa shape index (κ3) is 2.15. The van der Waals surface area contributed by atoms with Crippen molar-refractivity contribution in [3.8, 4) is 0 Å². The summed E-state index contributed by atoms with van der Waals surface area (Å²) in [5.74, 6) is 0.988. The summed E-state index contributed by atoms with van der Waals surface area (Å²) >= 11 is 0. The number of Topliss-reactive ketones (excluding diaryl/α,β-unsaturated/α-hetero) is 1. The third-order valence-electron chi connectivity index (χ3n) is 8.82. The van der Waals surface area contributed by atoms with Gasteiger partial charge in [0.1, 0.15) is 0 Å². The summed E-state index contributed by atoms with van der Waals surface area (Å²) in [6, 6.07) is 0. The van der Waals surface area contributed by atoms with Crippen LogP contribution in [0.3, 0.4) is 0 Å². The van der Waals surface area contributed by atoms with E-state index >= 15 is 0 Å². The largest absolute Gasteiger partial charge is 0.392 e. The molecule has 0 aromatic rings. The summed E-state index contributed by atoms with van der Waals surface area (Å²) in [5.41, 5.74) is 0.152. The lowest BCUT2D eigenvalue weighted by Gasteiger charge is -2.69. The van der Waals surface area contributed by atoms with Crippen molar-refractivity contribution in [2.24, 2.45) is 34.0 Å². The van der Waals surface area contributed by atoms with Crippen LogP contribution < -0.4 is 0 Å². The molecular weight excluding hydrogens is 328 g/mol. The van der Waals surface area contributed by atoms with E-state index in [2.05, 4.69) is 13.5 Å². The molecule has 7 atom stereocenters. The summed E-state index contributed by atoms with van der Waals surface area (Å²) in [4.78, 5) is 13.3. The maximum atomic E-state index is 13.3. The number of methoxy groups -OCH3 is 2. The number of hydrogen-bond acceptors (Lipinski definition) is 4. The van der Waals surface area contributed by atoms with Crippen molar-refractivity contribution in [3.63, 3.8) is 0 Å². The number of ketones is 1. The van der Waals surface area contributed by atoms with E-state index in [1.807, 2.05) is 0 Å². The van der Waals surface area contributed by atoms with Gasteiger partial charge in [-0.2, -0.15) is 0 Å². The van der Waals surface area contributed by atoms with Crippen molar-refractivity contribution in [2.75, 3.05) is 27.4 Å². The second-order valence-corrected chi connectivity index (χ2v) is 9.83. The monoisotopic (exact) mass is 362 g/mol. The molecule has 0 heterocycles. The van der Waals surface area contributed by atoms with E-state index in [-0.39, 0.29) is 22.5 Å². The number of carbonyl (C=O) groups excluding carboxylic acids is 1. The Balaban J connectivity index is 1.84. The normalized spacial score (nSPS) is 50.5. The molecule has 5 fully saturated rings. The van der Waals surface area contributed by atoms with Gasteiger partial charge in [0.15, 0.2) is 5.78 Å². The van der Waals surface area contributed by atoms with Crippen LogP contribution in [-0.4, -0.2) is 44.4 Å². The number of fused-ring (bicyclic) bond motifs is 3. The number of aliphatic hydroxyl groups excluding tert-OH is 1. The van der Waals surface area contributed by atoms with Gasteiger partial charge in [-0.05, 0) is 67.3 Å². The van der Waals surface area contributed by atoms with E-state index in [9.17, 15) is 9.90 Å². The van der Waals surface area contributed by atoms with Gasteiger partial charge in [-0.3, -0.25) is 4.79 Å². The molecule has 4 heteroatoms. The second kappa shape index (κ2) is 6.15. The van der Waals surface area contributed by atoms with Crippen LogP contribution >= 0.6 is 0 Å². The molecule has 5 aliphatic rings. The van der Waals surface area contributed by atoms with Crippen LogP contribution in [0.4, 0.5) is 0 Å². The highest BCUT2D eigenvalue weighted by atomic mass is 16.5. The lowest BCUT2D eigenvalue weighted by Crippen LogP contribution is -2.70. The average molecular weight is 363 g/mol.